The number of nitrogens with one attached hydrogen (secondary N) is 1. The standard InChI is InChI=1S/C24H23BrN4O/c1-3-16-5-7-18(8-6-16)23-12-21(20-11-19(25)9-10-22(20)28-23)24(30)26-13-17-14-27-29(4-2)15-17/h5-12,14-15H,3-4,13H2,1-2H3,(H,26,30). The smallest absolute Gasteiger partial charge is 0.252 e. The van der Waals surface area contributed by atoms with Gasteiger partial charge in [0.1, 0.15) is 0 Å². The zero-order chi connectivity index (χ0) is 21.1. The maximum Gasteiger partial charge on any atom is 0.252 e. The number of benzene rings is 2. The van der Waals surface area contributed by atoms with Crippen LogP contribution in [-0.4, -0.2) is 20.7 Å². The molecule has 0 fully saturated rings. The third-order valence-electron chi connectivity index (χ3n) is 5.14. The summed E-state index contributed by atoms with van der Waals surface area (Å²) in [6.45, 7) is 5.40. The van der Waals surface area contributed by atoms with Gasteiger partial charge in [-0.1, -0.05) is 47.1 Å². The molecule has 2 heterocycles. The number of halogens is 1. The first-order chi connectivity index (χ1) is 14.6. The van der Waals surface area contributed by atoms with Crippen LogP contribution >= 0.6 is 15.9 Å². The molecule has 2 aromatic carbocycles. The topological polar surface area (TPSA) is 59.8 Å². The first-order valence-electron chi connectivity index (χ1n) is 10.1. The van der Waals surface area contributed by atoms with Crippen molar-refractivity contribution in [3.8, 4) is 11.3 Å². The number of aryl methyl sites for hydroxylation is 2. The lowest BCUT2D eigenvalue weighted by molar-refractivity contribution is 0.0952. The van der Waals surface area contributed by atoms with Crippen molar-refractivity contribution in [1.29, 1.82) is 0 Å². The largest absolute Gasteiger partial charge is 0.348 e. The van der Waals surface area contributed by atoms with Gasteiger partial charge in [-0.3, -0.25) is 9.48 Å². The SMILES string of the molecule is CCc1ccc(-c2cc(C(=O)NCc3cnn(CC)c3)c3cc(Br)ccc3n2)cc1. The average molecular weight is 463 g/mol. The molecule has 5 nitrogen and oxygen atoms in total. The number of hydrogen-bond acceptors (Lipinski definition) is 3. The lowest BCUT2D eigenvalue weighted by Crippen LogP contribution is -2.23. The summed E-state index contributed by atoms with van der Waals surface area (Å²) in [6.07, 6.45) is 4.72. The van der Waals surface area contributed by atoms with Gasteiger partial charge in [-0.05, 0) is 43.2 Å². The summed E-state index contributed by atoms with van der Waals surface area (Å²) < 4.78 is 2.76. The van der Waals surface area contributed by atoms with Gasteiger partial charge in [0.2, 0.25) is 0 Å². The Morgan fingerprint density at radius 3 is 2.57 bits per heavy atom. The molecule has 0 saturated carbocycles. The zero-order valence-electron chi connectivity index (χ0n) is 17.0. The van der Waals surface area contributed by atoms with Crippen molar-refractivity contribution in [2.45, 2.75) is 33.4 Å². The Balaban J connectivity index is 1.70. The molecule has 2 aromatic heterocycles. The van der Waals surface area contributed by atoms with Crippen LogP contribution in [0.15, 0.2) is 65.4 Å². The highest BCUT2D eigenvalue weighted by atomic mass is 79.9. The van der Waals surface area contributed by atoms with Gasteiger partial charge < -0.3 is 5.32 Å². The number of aromatic nitrogens is 3. The predicted octanol–water partition coefficient (Wildman–Crippen LogP) is 5.37. The molecule has 0 aliphatic heterocycles. The lowest BCUT2D eigenvalue weighted by atomic mass is 10.0. The average Bonchev–Trinajstić information content (AvgIpc) is 3.25. The second kappa shape index (κ2) is 8.79. The maximum absolute atomic E-state index is 13.1. The van der Waals surface area contributed by atoms with Crippen LogP contribution < -0.4 is 5.32 Å². The van der Waals surface area contributed by atoms with E-state index in [4.69, 9.17) is 4.98 Å². The van der Waals surface area contributed by atoms with Crippen molar-refractivity contribution < 1.29 is 4.79 Å². The fraction of sp³-hybridized carbons (Fsp3) is 0.208. The Kier molecular flexibility index (Phi) is 5.95. The zero-order valence-corrected chi connectivity index (χ0v) is 18.6. The van der Waals surface area contributed by atoms with Crippen LogP contribution in [0, 0.1) is 0 Å². The third kappa shape index (κ3) is 4.28. The van der Waals surface area contributed by atoms with Crippen molar-refractivity contribution in [2.75, 3.05) is 0 Å². The van der Waals surface area contributed by atoms with E-state index in [1.165, 1.54) is 5.56 Å². The molecule has 0 spiro atoms. The van der Waals surface area contributed by atoms with Gasteiger partial charge in [-0.15, -0.1) is 0 Å². The molecule has 152 valence electrons. The van der Waals surface area contributed by atoms with Gasteiger partial charge in [-0.2, -0.15) is 5.10 Å². The molecule has 0 aliphatic carbocycles. The molecule has 0 bridgehead atoms. The highest BCUT2D eigenvalue weighted by Gasteiger charge is 2.15. The van der Waals surface area contributed by atoms with Crippen LogP contribution in [0.25, 0.3) is 22.2 Å². The summed E-state index contributed by atoms with van der Waals surface area (Å²) in [5, 5.41) is 8.11. The maximum atomic E-state index is 13.1. The number of amides is 1. The second-order valence-corrected chi connectivity index (χ2v) is 8.07. The molecule has 30 heavy (non-hydrogen) atoms. The predicted molar refractivity (Wildman–Crippen MR) is 123 cm³/mol. The molecular weight excluding hydrogens is 440 g/mol. The van der Waals surface area contributed by atoms with Gasteiger partial charge in [0.25, 0.3) is 5.91 Å². The highest BCUT2D eigenvalue weighted by Crippen LogP contribution is 2.27. The molecule has 0 unspecified atom stereocenters. The fourth-order valence-corrected chi connectivity index (χ4v) is 3.75. The summed E-state index contributed by atoms with van der Waals surface area (Å²) in [4.78, 5) is 17.9. The van der Waals surface area contributed by atoms with Crippen molar-refractivity contribution in [1.82, 2.24) is 20.1 Å². The van der Waals surface area contributed by atoms with Gasteiger partial charge in [0.15, 0.2) is 0 Å². The van der Waals surface area contributed by atoms with Crippen molar-refractivity contribution in [3.05, 3.63) is 82.1 Å². The number of rotatable bonds is 6. The molecule has 1 amide bonds. The summed E-state index contributed by atoms with van der Waals surface area (Å²) in [5.41, 5.74) is 5.43. The molecule has 0 saturated heterocycles. The van der Waals surface area contributed by atoms with Crippen LogP contribution in [0.4, 0.5) is 0 Å². The van der Waals surface area contributed by atoms with E-state index in [-0.39, 0.29) is 5.91 Å². The summed E-state index contributed by atoms with van der Waals surface area (Å²) in [5.74, 6) is -0.129. The summed E-state index contributed by atoms with van der Waals surface area (Å²) in [7, 11) is 0. The molecule has 0 radical (unpaired) electrons. The van der Waals surface area contributed by atoms with Crippen molar-refractivity contribution in [2.24, 2.45) is 0 Å². The van der Waals surface area contributed by atoms with Gasteiger partial charge in [-0.25, -0.2) is 4.98 Å². The Labute approximate surface area is 184 Å². The monoisotopic (exact) mass is 462 g/mol. The van der Waals surface area contributed by atoms with Gasteiger partial charge >= 0.3 is 0 Å². The Morgan fingerprint density at radius 2 is 1.87 bits per heavy atom. The molecule has 1 N–H and O–H groups in total. The van der Waals surface area contributed by atoms with Gasteiger partial charge in [0, 0.05) is 40.3 Å². The highest BCUT2D eigenvalue weighted by molar-refractivity contribution is 9.10. The number of hydrogen-bond donors (Lipinski definition) is 1. The normalized spacial score (nSPS) is 11.0. The van der Waals surface area contributed by atoms with E-state index < -0.39 is 0 Å². The quantitative estimate of drug-likeness (QED) is 0.418. The van der Waals surface area contributed by atoms with E-state index in [9.17, 15) is 4.79 Å². The Bertz CT molecular complexity index is 1200. The van der Waals surface area contributed by atoms with E-state index in [1.54, 1.807) is 6.20 Å². The number of pyridine rings is 1. The van der Waals surface area contributed by atoms with E-state index in [0.29, 0.717) is 12.1 Å². The number of carbonyl (C=O) groups is 1. The molecule has 6 heteroatoms. The molecular formula is C24H23BrN4O. The van der Waals surface area contributed by atoms with Crippen molar-refractivity contribution >= 4 is 32.7 Å². The third-order valence-corrected chi connectivity index (χ3v) is 5.63. The van der Waals surface area contributed by atoms with E-state index in [1.807, 2.05) is 42.1 Å². The molecule has 4 aromatic rings. The van der Waals surface area contributed by atoms with E-state index >= 15 is 0 Å². The lowest BCUT2D eigenvalue weighted by Gasteiger charge is -2.11. The van der Waals surface area contributed by atoms with Gasteiger partial charge in [0.05, 0.1) is 23.0 Å². The van der Waals surface area contributed by atoms with Crippen LogP contribution in [0.5, 0.6) is 0 Å². The van der Waals surface area contributed by atoms with Crippen LogP contribution in [0.1, 0.15) is 35.3 Å². The minimum Gasteiger partial charge on any atom is -0.348 e. The fourth-order valence-electron chi connectivity index (χ4n) is 3.39. The Hall–Kier alpha value is -2.99. The number of carbonyl (C=O) groups excluding carboxylic acids is 1. The summed E-state index contributed by atoms with van der Waals surface area (Å²) >= 11 is 3.51. The van der Waals surface area contributed by atoms with E-state index in [0.717, 1.165) is 45.2 Å². The minimum atomic E-state index is -0.129. The first kappa shape index (κ1) is 20.3. The molecule has 0 aliphatic rings. The molecule has 4 rings (SSSR count). The van der Waals surface area contributed by atoms with Crippen LogP contribution in [0.2, 0.25) is 0 Å². The number of fused-ring (bicyclic) bond motifs is 1. The summed E-state index contributed by atoms with van der Waals surface area (Å²) in [6, 6.07) is 16.0. The minimum absolute atomic E-state index is 0.129. The first-order valence-corrected chi connectivity index (χ1v) is 10.9. The Morgan fingerprint density at radius 1 is 1.07 bits per heavy atom. The van der Waals surface area contributed by atoms with Crippen LogP contribution in [0.3, 0.4) is 0 Å². The van der Waals surface area contributed by atoms with Crippen LogP contribution in [-0.2, 0) is 19.5 Å². The van der Waals surface area contributed by atoms with E-state index in [2.05, 4.69) is 57.5 Å². The molecule has 0 atom stereocenters. The second-order valence-electron chi connectivity index (χ2n) is 7.15. The van der Waals surface area contributed by atoms with Crippen molar-refractivity contribution in [3.63, 3.8) is 0 Å². The number of nitrogens with zero attached hydrogens (tertiary/aromatic N) is 3.